The van der Waals surface area contributed by atoms with E-state index in [1.165, 1.54) is 6.92 Å². The molecule has 0 aliphatic rings. The highest BCUT2D eigenvalue weighted by atomic mass is 16.6. The fraction of sp³-hybridized carbons (Fsp3) is 0.125. The zero-order valence-corrected chi connectivity index (χ0v) is 7.35. The van der Waals surface area contributed by atoms with Crippen LogP contribution in [0.1, 0.15) is 15.9 Å². The van der Waals surface area contributed by atoms with Gasteiger partial charge in [0.15, 0.2) is 0 Å². The molecule has 0 saturated heterocycles. The monoisotopic (exact) mass is 196 g/mol. The van der Waals surface area contributed by atoms with E-state index in [4.69, 9.17) is 10.8 Å². The highest BCUT2D eigenvalue weighted by molar-refractivity contribution is 5.91. The van der Waals surface area contributed by atoms with Gasteiger partial charge >= 0.3 is 5.97 Å². The van der Waals surface area contributed by atoms with E-state index in [1.54, 1.807) is 0 Å². The smallest absolute Gasteiger partial charge is 0.336 e. The Morgan fingerprint density at radius 1 is 1.57 bits per heavy atom. The fourth-order valence-electron chi connectivity index (χ4n) is 1.10. The molecule has 0 aliphatic heterocycles. The third-order valence-corrected chi connectivity index (χ3v) is 1.80. The minimum atomic E-state index is -1.15. The zero-order chi connectivity index (χ0) is 10.9. The van der Waals surface area contributed by atoms with Crippen LogP contribution in [0.4, 0.5) is 11.4 Å². The third kappa shape index (κ3) is 1.63. The van der Waals surface area contributed by atoms with E-state index in [1.807, 2.05) is 0 Å². The Morgan fingerprint density at radius 2 is 2.14 bits per heavy atom. The van der Waals surface area contributed by atoms with E-state index >= 15 is 0 Å². The first kappa shape index (κ1) is 9.97. The summed E-state index contributed by atoms with van der Waals surface area (Å²) in [5.41, 5.74) is 5.21. The van der Waals surface area contributed by atoms with Crippen LogP contribution in [0.15, 0.2) is 12.1 Å². The fourth-order valence-corrected chi connectivity index (χ4v) is 1.10. The number of aryl methyl sites for hydroxylation is 1. The van der Waals surface area contributed by atoms with Gasteiger partial charge in [0.25, 0.3) is 5.69 Å². The van der Waals surface area contributed by atoms with Gasteiger partial charge < -0.3 is 10.8 Å². The van der Waals surface area contributed by atoms with Gasteiger partial charge in [-0.25, -0.2) is 4.79 Å². The van der Waals surface area contributed by atoms with E-state index in [-0.39, 0.29) is 16.9 Å². The standard InChI is InChI=1S/C8H8N2O4/c1-4-2-7(10(13)14)6(9)3-5(4)8(11)12/h2-3H,9H2,1H3,(H,11,12). The summed E-state index contributed by atoms with van der Waals surface area (Å²) in [6.45, 7) is 1.48. The second-order valence-corrected chi connectivity index (χ2v) is 2.79. The average molecular weight is 196 g/mol. The van der Waals surface area contributed by atoms with Crippen molar-refractivity contribution in [3.8, 4) is 0 Å². The molecular weight excluding hydrogens is 188 g/mol. The van der Waals surface area contributed by atoms with E-state index < -0.39 is 10.9 Å². The number of nitrogens with zero attached hydrogens (tertiary/aromatic N) is 1. The van der Waals surface area contributed by atoms with E-state index in [9.17, 15) is 14.9 Å². The van der Waals surface area contributed by atoms with Gasteiger partial charge in [0.05, 0.1) is 10.5 Å². The predicted octanol–water partition coefficient (Wildman–Crippen LogP) is 1.18. The number of nitrogen functional groups attached to an aromatic ring is 1. The molecule has 0 radical (unpaired) electrons. The molecule has 0 aliphatic carbocycles. The molecule has 0 heterocycles. The lowest BCUT2D eigenvalue weighted by Crippen LogP contribution is -2.04. The van der Waals surface area contributed by atoms with E-state index in [2.05, 4.69) is 0 Å². The minimum Gasteiger partial charge on any atom is -0.478 e. The predicted molar refractivity (Wildman–Crippen MR) is 49.2 cm³/mol. The van der Waals surface area contributed by atoms with Crippen LogP contribution in [0.25, 0.3) is 0 Å². The molecule has 74 valence electrons. The van der Waals surface area contributed by atoms with E-state index in [0.29, 0.717) is 5.56 Å². The van der Waals surface area contributed by atoms with Crippen molar-refractivity contribution in [1.82, 2.24) is 0 Å². The maximum Gasteiger partial charge on any atom is 0.336 e. The first-order chi connectivity index (χ1) is 6.43. The van der Waals surface area contributed by atoms with Crippen molar-refractivity contribution in [3.63, 3.8) is 0 Å². The van der Waals surface area contributed by atoms with Gasteiger partial charge in [-0.3, -0.25) is 10.1 Å². The zero-order valence-electron chi connectivity index (χ0n) is 7.35. The summed E-state index contributed by atoms with van der Waals surface area (Å²) in [4.78, 5) is 20.4. The normalized spacial score (nSPS) is 9.79. The molecular formula is C8H8N2O4. The van der Waals surface area contributed by atoms with Crippen molar-refractivity contribution < 1.29 is 14.8 Å². The van der Waals surface area contributed by atoms with Crippen molar-refractivity contribution in [1.29, 1.82) is 0 Å². The quantitative estimate of drug-likeness (QED) is 0.419. The number of nitrogens with two attached hydrogens (primary N) is 1. The minimum absolute atomic E-state index is 0.0203. The molecule has 0 unspecified atom stereocenters. The van der Waals surface area contributed by atoms with Gasteiger partial charge in [-0.15, -0.1) is 0 Å². The molecule has 1 aromatic rings. The first-order valence-electron chi connectivity index (χ1n) is 3.71. The van der Waals surface area contributed by atoms with Crippen LogP contribution in [0, 0.1) is 17.0 Å². The third-order valence-electron chi connectivity index (χ3n) is 1.80. The number of hydrogen-bond donors (Lipinski definition) is 2. The van der Waals surface area contributed by atoms with Crippen molar-refractivity contribution in [2.24, 2.45) is 0 Å². The molecule has 0 amide bonds. The molecule has 14 heavy (non-hydrogen) atoms. The van der Waals surface area contributed by atoms with Crippen molar-refractivity contribution in [3.05, 3.63) is 33.4 Å². The molecule has 6 nitrogen and oxygen atoms in total. The summed E-state index contributed by atoms with van der Waals surface area (Å²) in [5, 5.41) is 19.1. The number of benzene rings is 1. The molecule has 1 aromatic carbocycles. The summed E-state index contributed by atoms with van der Waals surface area (Å²) < 4.78 is 0. The number of aromatic carboxylic acids is 1. The SMILES string of the molecule is Cc1cc([N+](=O)[O-])c(N)cc1C(=O)O. The van der Waals surface area contributed by atoms with Gasteiger partial charge in [0.1, 0.15) is 5.69 Å². The average Bonchev–Trinajstić information content (AvgIpc) is 2.07. The van der Waals surface area contributed by atoms with Crippen LogP contribution < -0.4 is 5.73 Å². The first-order valence-corrected chi connectivity index (χ1v) is 3.71. The van der Waals surface area contributed by atoms with E-state index in [0.717, 1.165) is 12.1 Å². The van der Waals surface area contributed by atoms with Crippen molar-refractivity contribution in [2.75, 3.05) is 5.73 Å². The van der Waals surface area contributed by atoms with Gasteiger partial charge in [0.2, 0.25) is 0 Å². The second-order valence-electron chi connectivity index (χ2n) is 2.79. The Bertz CT molecular complexity index is 374. The van der Waals surface area contributed by atoms with Crippen molar-refractivity contribution >= 4 is 17.3 Å². The summed E-state index contributed by atoms with van der Waals surface area (Å²) in [7, 11) is 0. The number of anilines is 1. The lowest BCUT2D eigenvalue weighted by molar-refractivity contribution is -0.383. The Balaban J connectivity index is 3.38. The van der Waals surface area contributed by atoms with Gasteiger partial charge in [-0.2, -0.15) is 0 Å². The summed E-state index contributed by atoms with van der Waals surface area (Å²) >= 11 is 0. The lowest BCUT2D eigenvalue weighted by atomic mass is 10.1. The lowest BCUT2D eigenvalue weighted by Gasteiger charge is -2.02. The maximum atomic E-state index is 10.6. The summed E-state index contributed by atoms with van der Waals surface area (Å²) in [6.07, 6.45) is 0. The second kappa shape index (κ2) is 3.33. The largest absolute Gasteiger partial charge is 0.478 e. The van der Waals surface area contributed by atoms with Crippen LogP contribution in [-0.2, 0) is 0 Å². The molecule has 0 atom stereocenters. The number of rotatable bonds is 2. The summed E-state index contributed by atoms with van der Waals surface area (Å²) in [5.74, 6) is -1.15. The Labute approximate surface area is 79.1 Å². The molecule has 0 bridgehead atoms. The number of nitro groups is 1. The number of nitro benzene ring substituents is 1. The summed E-state index contributed by atoms with van der Waals surface area (Å²) in [6, 6.07) is 2.24. The Hall–Kier alpha value is -2.11. The molecule has 6 heteroatoms. The number of carbonyl (C=O) groups is 1. The number of hydrogen-bond acceptors (Lipinski definition) is 4. The highest BCUT2D eigenvalue weighted by Crippen LogP contribution is 2.25. The number of carboxylic acid groups (broad SMARTS) is 1. The van der Waals surface area contributed by atoms with Gasteiger partial charge in [-0.05, 0) is 18.6 Å². The van der Waals surface area contributed by atoms with Crippen LogP contribution in [-0.4, -0.2) is 16.0 Å². The van der Waals surface area contributed by atoms with Crippen molar-refractivity contribution in [2.45, 2.75) is 6.92 Å². The Kier molecular flexibility index (Phi) is 2.37. The van der Waals surface area contributed by atoms with Crippen LogP contribution in [0.3, 0.4) is 0 Å². The molecule has 0 aromatic heterocycles. The molecule has 0 saturated carbocycles. The topological polar surface area (TPSA) is 106 Å². The highest BCUT2D eigenvalue weighted by Gasteiger charge is 2.16. The maximum absolute atomic E-state index is 10.6. The molecule has 1 rings (SSSR count). The van der Waals surface area contributed by atoms with Crippen LogP contribution in [0.5, 0.6) is 0 Å². The van der Waals surface area contributed by atoms with Crippen LogP contribution in [0.2, 0.25) is 0 Å². The molecule has 3 N–H and O–H groups in total. The Morgan fingerprint density at radius 3 is 2.57 bits per heavy atom. The van der Waals surface area contributed by atoms with Crippen LogP contribution >= 0.6 is 0 Å². The van der Waals surface area contributed by atoms with Gasteiger partial charge in [0, 0.05) is 6.07 Å². The molecule has 0 fully saturated rings. The number of carboxylic acids is 1. The molecule has 0 spiro atoms. The van der Waals surface area contributed by atoms with Gasteiger partial charge in [-0.1, -0.05) is 0 Å².